The van der Waals surface area contributed by atoms with Crippen molar-refractivity contribution in [2.24, 2.45) is 0 Å². The standard InChI is InChI=1S/C18H17BClF4N2/c1-9-7-19-15-11(9)6-14(12(8-25-2)18(22,23)24)26-17(15)10-4-3-5-13(21)16(10)20/h3-6,9,12,25H,7-8H2,1-2H3. The van der Waals surface area contributed by atoms with Crippen LogP contribution in [0.1, 0.15) is 30.0 Å². The summed E-state index contributed by atoms with van der Waals surface area (Å²) in [6, 6.07) is 5.79. The first-order valence-electron chi connectivity index (χ1n) is 8.27. The number of fused-ring (bicyclic) bond motifs is 1. The second-order valence-corrected chi connectivity index (χ2v) is 6.87. The van der Waals surface area contributed by atoms with Gasteiger partial charge >= 0.3 is 6.18 Å². The predicted octanol–water partition coefficient (Wildman–Crippen LogP) is 4.27. The summed E-state index contributed by atoms with van der Waals surface area (Å²) < 4.78 is 54.5. The van der Waals surface area contributed by atoms with Crippen molar-refractivity contribution in [1.82, 2.24) is 10.3 Å². The molecule has 1 aliphatic rings. The number of rotatable bonds is 4. The fraction of sp³-hybridized carbons (Fsp3) is 0.389. The second-order valence-electron chi connectivity index (χ2n) is 6.49. The maximum atomic E-state index is 13.9. The molecule has 0 saturated heterocycles. The van der Waals surface area contributed by atoms with Gasteiger partial charge in [0.1, 0.15) is 11.7 Å². The van der Waals surface area contributed by atoms with Crippen LogP contribution in [0.2, 0.25) is 11.3 Å². The summed E-state index contributed by atoms with van der Waals surface area (Å²) in [5.41, 5.74) is 2.05. The Hall–Kier alpha value is -1.60. The van der Waals surface area contributed by atoms with Gasteiger partial charge in [-0.15, -0.1) is 0 Å². The zero-order valence-electron chi connectivity index (χ0n) is 14.3. The van der Waals surface area contributed by atoms with Crippen molar-refractivity contribution in [2.75, 3.05) is 13.6 Å². The van der Waals surface area contributed by atoms with Crippen LogP contribution in [0.5, 0.6) is 0 Å². The molecule has 1 radical (unpaired) electrons. The lowest BCUT2D eigenvalue weighted by molar-refractivity contribution is -0.150. The molecule has 0 spiro atoms. The summed E-state index contributed by atoms with van der Waals surface area (Å²) >= 11 is 6.09. The maximum Gasteiger partial charge on any atom is 0.398 e. The number of nitrogens with one attached hydrogen (secondary N) is 1. The highest BCUT2D eigenvalue weighted by atomic mass is 35.5. The summed E-state index contributed by atoms with van der Waals surface area (Å²) in [6.45, 7) is 1.66. The average Bonchev–Trinajstić information content (AvgIpc) is 2.95. The van der Waals surface area contributed by atoms with Crippen LogP contribution in [0.25, 0.3) is 11.3 Å². The van der Waals surface area contributed by atoms with E-state index < -0.39 is 17.9 Å². The van der Waals surface area contributed by atoms with Gasteiger partial charge in [-0.05, 0) is 30.7 Å². The second kappa shape index (κ2) is 7.20. The first-order valence-corrected chi connectivity index (χ1v) is 8.65. The summed E-state index contributed by atoms with van der Waals surface area (Å²) in [5.74, 6) is -2.31. The van der Waals surface area contributed by atoms with E-state index in [-0.39, 0.29) is 23.2 Å². The third kappa shape index (κ3) is 3.47. The number of pyridine rings is 1. The van der Waals surface area contributed by atoms with Crippen molar-refractivity contribution in [3.63, 3.8) is 0 Å². The zero-order chi connectivity index (χ0) is 19.1. The molecule has 2 unspecified atom stereocenters. The van der Waals surface area contributed by atoms with Gasteiger partial charge in [-0.2, -0.15) is 13.2 Å². The van der Waals surface area contributed by atoms with Crippen LogP contribution in [0.15, 0.2) is 24.3 Å². The lowest BCUT2D eigenvalue weighted by atomic mass is 9.70. The topological polar surface area (TPSA) is 24.9 Å². The molecule has 1 aromatic carbocycles. The molecule has 1 aliphatic heterocycles. The molecule has 0 aliphatic carbocycles. The van der Waals surface area contributed by atoms with E-state index in [0.29, 0.717) is 17.6 Å². The predicted molar refractivity (Wildman–Crippen MR) is 96.0 cm³/mol. The minimum absolute atomic E-state index is 0.0707. The zero-order valence-corrected chi connectivity index (χ0v) is 15.0. The minimum atomic E-state index is -4.45. The van der Waals surface area contributed by atoms with Gasteiger partial charge in [-0.3, -0.25) is 4.98 Å². The minimum Gasteiger partial charge on any atom is -0.319 e. The first kappa shape index (κ1) is 19.2. The highest BCUT2D eigenvalue weighted by Gasteiger charge is 2.42. The fourth-order valence-electron chi connectivity index (χ4n) is 3.30. The summed E-state index contributed by atoms with van der Waals surface area (Å²) in [5, 5.41) is 2.44. The SMILES string of the molecule is CNCC(c1cc2c(c(-c3cccc(F)c3Cl)n1)[B]CC2C)C(F)(F)F. The molecule has 3 rings (SSSR count). The molecular weight excluding hydrogens is 366 g/mol. The Morgan fingerprint density at radius 1 is 1.38 bits per heavy atom. The van der Waals surface area contributed by atoms with E-state index in [1.165, 1.54) is 25.2 Å². The molecule has 0 amide bonds. The lowest BCUT2D eigenvalue weighted by Gasteiger charge is -2.22. The number of likely N-dealkylation sites (N-methyl/N-ethyl adjacent to an activating group) is 1. The van der Waals surface area contributed by atoms with Crippen molar-refractivity contribution in [1.29, 1.82) is 0 Å². The Morgan fingerprint density at radius 2 is 2.12 bits per heavy atom. The third-order valence-corrected chi connectivity index (χ3v) is 5.07. The van der Waals surface area contributed by atoms with Gasteiger partial charge in [-0.25, -0.2) is 4.39 Å². The monoisotopic (exact) mass is 383 g/mol. The van der Waals surface area contributed by atoms with Crippen LogP contribution >= 0.6 is 11.6 Å². The smallest absolute Gasteiger partial charge is 0.319 e. The van der Waals surface area contributed by atoms with Crippen molar-refractivity contribution < 1.29 is 17.6 Å². The Bertz CT molecular complexity index is 826. The summed E-state index contributed by atoms with van der Waals surface area (Å²) in [6.07, 6.45) is -3.75. The molecule has 1 N–H and O–H groups in total. The van der Waals surface area contributed by atoms with E-state index in [0.717, 1.165) is 11.0 Å². The Morgan fingerprint density at radius 3 is 2.77 bits per heavy atom. The van der Waals surface area contributed by atoms with E-state index in [2.05, 4.69) is 10.3 Å². The first-order chi connectivity index (χ1) is 12.2. The van der Waals surface area contributed by atoms with Crippen LogP contribution in [-0.2, 0) is 0 Å². The van der Waals surface area contributed by atoms with E-state index >= 15 is 0 Å². The number of hydrogen-bond donors (Lipinski definition) is 1. The number of benzene rings is 1. The largest absolute Gasteiger partial charge is 0.398 e. The molecule has 8 heteroatoms. The summed E-state index contributed by atoms with van der Waals surface area (Å²) in [7, 11) is 3.39. The fourth-order valence-corrected chi connectivity index (χ4v) is 3.52. The molecule has 1 aromatic heterocycles. The highest BCUT2D eigenvalue weighted by Crippen LogP contribution is 2.38. The van der Waals surface area contributed by atoms with Crippen molar-refractivity contribution in [3.8, 4) is 11.3 Å². The van der Waals surface area contributed by atoms with E-state index in [4.69, 9.17) is 11.6 Å². The van der Waals surface area contributed by atoms with Gasteiger partial charge in [0.25, 0.3) is 0 Å². The molecule has 2 atom stereocenters. The van der Waals surface area contributed by atoms with E-state index in [1.807, 2.05) is 14.2 Å². The van der Waals surface area contributed by atoms with Crippen LogP contribution in [-0.4, -0.2) is 32.0 Å². The normalized spacial score (nSPS) is 17.7. The molecule has 2 aromatic rings. The maximum absolute atomic E-state index is 13.9. The summed E-state index contributed by atoms with van der Waals surface area (Å²) in [4.78, 5) is 4.29. The van der Waals surface area contributed by atoms with Gasteiger partial charge in [-0.1, -0.05) is 42.4 Å². The average molecular weight is 384 g/mol. The van der Waals surface area contributed by atoms with Crippen LogP contribution in [0, 0.1) is 5.82 Å². The van der Waals surface area contributed by atoms with Crippen molar-refractivity contribution in [2.45, 2.75) is 31.3 Å². The quantitative estimate of drug-likeness (QED) is 0.630. The highest BCUT2D eigenvalue weighted by molar-refractivity contribution is 6.58. The lowest BCUT2D eigenvalue weighted by Crippen LogP contribution is -2.32. The van der Waals surface area contributed by atoms with Gasteiger partial charge < -0.3 is 5.32 Å². The number of nitrogens with zero attached hydrogens (tertiary/aromatic N) is 1. The van der Waals surface area contributed by atoms with Gasteiger partial charge in [0.2, 0.25) is 0 Å². The molecule has 2 nitrogen and oxygen atoms in total. The van der Waals surface area contributed by atoms with Crippen LogP contribution in [0.4, 0.5) is 17.6 Å². The van der Waals surface area contributed by atoms with Crippen LogP contribution in [0.3, 0.4) is 0 Å². The Labute approximate surface area is 155 Å². The molecule has 0 saturated carbocycles. The Balaban J connectivity index is 2.23. The van der Waals surface area contributed by atoms with E-state index in [1.54, 1.807) is 6.07 Å². The van der Waals surface area contributed by atoms with Gasteiger partial charge in [0, 0.05) is 12.1 Å². The molecular formula is C18H17BClF4N2. The number of alkyl halides is 3. The number of hydrogen-bond acceptors (Lipinski definition) is 2. The van der Waals surface area contributed by atoms with Crippen molar-refractivity contribution in [3.05, 3.63) is 46.4 Å². The van der Waals surface area contributed by atoms with Crippen LogP contribution < -0.4 is 10.8 Å². The van der Waals surface area contributed by atoms with Gasteiger partial charge in [0.05, 0.1) is 16.4 Å². The Kier molecular flexibility index (Phi) is 5.31. The van der Waals surface area contributed by atoms with Crippen molar-refractivity contribution >= 4 is 24.3 Å². The van der Waals surface area contributed by atoms with Gasteiger partial charge in [0.15, 0.2) is 7.28 Å². The van der Waals surface area contributed by atoms with E-state index in [9.17, 15) is 17.6 Å². The third-order valence-electron chi connectivity index (χ3n) is 4.68. The number of halogens is 5. The molecule has 0 bridgehead atoms. The number of aromatic nitrogens is 1. The molecule has 0 fully saturated rings. The molecule has 137 valence electrons. The molecule has 2 heterocycles. The molecule has 26 heavy (non-hydrogen) atoms.